The largest absolute Gasteiger partial charge is 0.238 e. The molecule has 0 saturated carbocycles. The number of rotatable bonds is 5. The molecule has 0 aliphatic carbocycles. The molecule has 8 aromatic rings. The van der Waals surface area contributed by atoms with Gasteiger partial charge in [-0.1, -0.05) is 158 Å². The molecule has 0 aliphatic rings. The molecule has 3 heteroatoms. The molecule has 0 fully saturated rings. The lowest BCUT2D eigenvalue weighted by molar-refractivity contribution is 1.23. The highest BCUT2D eigenvalue weighted by molar-refractivity contribution is 6.05. The predicted molar refractivity (Wildman–Crippen MR) is 190 cm³/mol. The van der Waals surface area contributed by atoms with Crippen LogP contribution < -0.4 is 0 Å². The summed E-state index contributed by atoms with van der Waals surface area (Å²) in [5, 5.41) is 3.47. The third-order valence-corrected chi connectivity index (χ3v) is 8.55. The summed E-state index contributed by atoms with van der Waals surface area (Å²) in [5.41, 5.74) is 11.5. The highest BCUT2D eigenvalue weighted by atomic mass is 14.9. The van der Waals surface area contributed by atoms with Crippen LogP contribution in [0.4, 0.5) is 5.69 Å². The number of benzene rings is 7. The van der Waals surface area contributed by atoms with Crippen molar-refractivity contribution >= 4 is 27.4 Å². The quantitative estimate of drug-likeness (QED) is 0.188. The van der Waals surface area contributed by atoms with E-state index in [1.54, 1.807) is 0 Å². The van der Waals surface area contributed by atoms with Crippen molar-refractivity contribution in [1.82, 2.24) is 9.97 Å². The highest BCUT2D eigenvalue weighted by Crippen LogP contribution is 2.37. The fourth-order valence-corrected chi connectivity index (χ4v) is 6.19. The number of para-hydroxylation sites is 1. The molecule has 214 valence electrons. The number of aromatic nitrogens is 2. The second-order valence-corrected chi connectivity index (χ2v) is 11.3. The molecule has 7 aromatic carbocycles. The molecule has 0 unspecified atom stereocenters. The highest BCUT2D eigenvalue weighted by Gasteiger charge is 2.13. The van der Waals surface area contributed by atoms with Crippen LogP contribution in [0.2, 0.25) is 0 Å². The van der Waals surface area contributed by atoms with Crippen molar-refractivity contribution in [3.8, 4) is 56.0 Å². The minimum Gasteiger partial charge on any atom is -0.238 e. The summed E-state index contributed by atoms with van der Waals surface area (Å²) in [4.78, 5) is 13.5. The third-order valence-electron chi connectivity index (χ3n) is 8.55. The standard InChI is InChI=1S/C43H27N3/c1-44-35-25-23-30(24-26-35)29-15-17-31(18-16-29)36-27-28-37(39-12-6-5-11-38(36)39)32-19-21-34(22-20-32)43-45-41-14-8-7-13-40(41)42(46-43)33-9-3-2-4-10-33/h2-28H. The normalized spacial score (nSPS) is 11.0. The number of hydrogen-bond acceptors (Lipinski definition) is 2. The van der Waals surface area contributed by atoms with Crippen molar-refractivity contribution in [3.63, 3.8) is 0 Å². The second-order valence-electron chi connectivity index (χ2n) is 11.3. The molecule has 0 N–H and O–H groups in total. The van der Waals surface area contributed by atoms with E-state index in [0.717, 1.165) is 50.2 Å². The number of hydrogen-bond donors (Lipinski definition) is 0. The summed E-state index contributed by atoms with van der Waals surface area (Å²) in [6.07, 6.45) is 0. The van der Waals surface area contributed by atoms with Crippen LogP contribution in [-0.2, 0) is 0 Å². The summed E-state index contributed by atoms with van der Waals surface area (Å²) < 4.78 is 0. The topological polar surface area (TPSA) is 30.1 Å². The van der Waals surface area contributed by atoms with Gasteiger partial charge in [0.05, 0.1) is 17.8 Å². The van der Waals surface area contributed by atoms with E-state index < -0.39 is 0 Å². The van der Waals surface area contributed by atoms with E-state index in [1.807, 2.05) is 54.6 Å². The summed E-state index contributed by atoms with van der Waals surface area (Å²) in [7, 11) is 0. The van der Waals surface area contributed by atoms with Gasteiger partial charge in [-0.2, -0.15) is 0 Å². The lowest BCUT2D eigenvalue weighted by Crippen LogP contribution is -1.95. The lowest BCUT2D eigenvalue weighted by Gasteiger charge is -2.13. The number of fused-ring (bicyclic) bond motifs is 2. The van der Waals surface area contributed by atoms with Crippen molar-refractivity contribution in [1.29, 1.82) is 0 Å². The van der Waals surface area contributed by atoms with Crippen molar-refractivity contribution in [2.24, 2.45) is 0 Å². The summed E-state index contributed by atoms with van der Waals surface area (Å²) >= 11 is 0. The van der Waals surface area contributed by atoms with Crippen molar-refractivity contribution in [2.45, 2.75) is 0 Å². The van der Waals surface area contributed by atoms with E-state index in [4.69, 9.17) is 16.5 Å². The van der Waals surface area contributed by atoms with Gasteiger partial charge in [-0.05, 0) is 50.2 Å². The molecule has 46 heavy (non-hydrogen) atoms. The van der Waals surface area contributed by atoms with Gasteiger partial charge in [0, 0.05) is 16.5 Å². The van der Waals surface area contributed by atoms with Crippen molar-refractivity contribution in [3.05, 3.63) is 175 Å². The maximum Gasteiger partial charge on any atom is 0.187 e. The Kier molecular flexibility index (Phi) is 6.87. The molecule has 3 nitrogen and oxygen atoms in total. The summed E-state index contributed by atoms with van der Waals surface area (Å²) in [6, 6.07) is 56.6. The zero-order valence-corrected chi connectivity index (χ0v) is 24.9. The van der Waals surface area contributed by atoms with Crippen LogP contribution in [0, 0.1) is 6.57 Å². The maximum atomic E-state index is 7.20. The van der Waals surface area contributed by atoms with Gasteiger partial charge in [0.2, 0.25) is 0 Å². The van der Waals surface area contributed by atoms with Crippen molar-refractivity contribution in [2.75, 3.05) is 0 Å². The van der Waals surface area contributed by atoms with E-state index in [9.17, 15) is 0 Å². The zero-order valence-electron chi connectivity index (χ0n) is 24.9. The molecule has 0 atom stereocenters. The molecule has 0 radical (unpaired) electrons. The second kappa shape index (κ2) is 11.6. The van der Waals surface area contributed by atoms with E-state index in [0.29, 0.717) is 5.69 Å². The number of nitrogens with zero attached hydrogens (tertiary/aromatic N) is 3. The van der Waals surface area contributed by atoms with Gasteiger partial charge >= 0.3 is 0 Å². The molecule has 1 heterocycles. The summed E-state index contributed by atoms with van der Waals surface area (Å²) in [6.45, 7) is 7.20. The Morgan fingerprint density at radius 2 is 0.848 bits per heavy atom. The molecule has 1 aromatic heterocycles. The first-order valence-electron chi connectivity index (χ1n) is 15.3. The Balaban J connectivity index is 1.14. The van der Waals surface area contributed by atoms with Gasteiger partial charge in [0.25, 0.3) is 0 Å². The predicted octanol–water partition coefficient (Wildman–Crippen LogP) is 11.7. The first-order chi connectivity index (χ1) is 22.7. The average molecular weight is 586 g/mol. The van der Waals surface area contributed by atoms with Gasteiger partial charge in [-0.15, -0.1) is 0 Å². The Morgan fingerprint density at radius 1 is 0.370 bits per heavy atom. The van der Waals surface area contributed by atoms with Crippen LogP contribution in [0.3, 0.4) is 0 Å². The van der Waals surface area contributed by atoms with Gasteiger partial charge in [-0.25, -0.2) is 14.8 Å². The molecule has 0 spiro atoms. The molecular weight excluding hydrogens is 558 g/mol. The maximum absolute atomic E-state index is 7.20. The van der Waals surface area contributed by atoms with E-state index in [1.165, 1.54) is 27.5 Å². The lowest BCUT2D eigenvalue weighted by atomic mass is 9.91. The smallest absolute Gasteiger partial charge is 0.187 e. The van der Waals surface area contributed by atoms with Crippen LogP contribution >= 0.6 is 0 Å². The third kappa shape index (κ3) is 4.99. The fraction of sp³-hybridized carbons (Fsp3) is 0. The van der Waals surface area contributed by atoms with Crippen LogP contribution in [0.15, 0.2) is 164 Å². The Labute approximate surface area is 267 Å². The van der Waals surface area contributed by atoms with Crippen LogP contribution in [-0.4, -0.2) is 9.97 Å². The Bertz CT molecular complexity index is 2390. The summed E-state index contributed by atoms with van der Waals surface area (Å²) in [5.74, 6) is 0.718. The molecule has 0 aliphatic heterocycles. The Hall–Kier alpha value is -6.37. The minimum atomic E-state index is 0.654. The minimum absolute atomic E-state index is 0.654. The molecule has 8 rings (SSSR count). The van der Waals surface area contributed by atoms with Gasteiger partial charge < -0.3 is 0 Å². The first kappa shape index (κ1) is 27.2. The Morgan fingerprint density at radius 3 is 1.43 bits per heavy atom. The van der Waals surface area contributed by atoms with Gasteiger partial charge in [0.1, 0.15) is 0 Å². The van der Waals surface area contributed by atoms with E-state index in [-0.39, 0.29) is 0 Å². The molecular formula is C43H27N3. The monoisotopic (exact) mass is 585 g/mol. The molecule has 0 amide bonds. The van der Waals surface area contributed by atoms with Crippen LogP contribution in [0.5, 0.6) is 0 Å². The first-order valence-corrected chi connectivity index (χ1v) is 15.3. The molecule has 0 saturated heterocycles. The molecule has 0 bridgehead atoms. The van der Waals surface area contributed by atoms with Crippen LogP contribution in [0.1, 0.15) is 0 Å². The van der Waals surface area contributed by atoms with E-state index in [2.05, 4.69) is 114 Å². The van der Waals surface area contributed by atoms with Crippen molar-refractivity contribution < 1.29 is 0 Å². The van der Waals surface area contributed by atoms with Gasteiger partial charge in [-0.3, -0.25) is 0 Å². The van der Waals surface area contributed by atoms with E-state index >= 15 is 0 Å². The van der Waals surface area contributed by atoms with Gasteiger partial charge in [0.15, 0.2) is 11.5 Å². The SMILES string of the molecule is [C-]#[N+]c1ccc(-c2ccc(-c3ccc(-c4ccc(-c5nc(-c6ccccc6)c6ccccc6n5)cc4)c4ccccc34)cc2)cc1. The average Bonchev–Trinajstić information content (AvgIpc) is 3.14. The zero-order chi connectivity index (χ0) is 30.9. The van der Waals surface area contributed by atoms with Crippen LogP contribution in [0.25, 0.3) is 82.5 Å². The fourth-order valence-electron chi connectivity index (χ4n) is 6.19.